The number of carbonyl (C=O) groups is 1. The van der Waals surface area contributed by atoms with Gasteiger partial charge in [0.25, 0.3) is 0 Å². The van der Waals surface area contributed by atoms with E-state index in [1.165, 1.54) is 0 Å². The van der Waals surface area contributed by atoms with Crippen molar-refractivity contribution < 1.29 is 13.2 Å². The molecule has 0 aromatic rings. The van der Waals surface area contributed by atoms with E-state index < -0.39 is 15.3 Å². The Morgan fingerprint density at radius 3 is 2.77 bits per heavy atom. The fourth-order valence-electron chi connectivity index (χ4n) is 1.57. The van der Waals surface area contributed by atoms with Crippen molar-refractivity contribution in [2.75, 3.05) is 6.54 Å². The van der Waals surface area contributed by atoms with Gasteiger partial charge in [-0.2, -0.15) is 0 Å². The van der Waals surface area contributed by atoms with Gasteiger partial charge in [0, 0.05) is 19.4 Å². The molecule has 1 N–H and O–H groups in total. The van der Waals surface area contributed by atoms with Crippen molar-refractivity contribution >= 4 is 15.8 Å². The summed E-state index contributed by atoms with van der Waals surface area (Å²) in [4.78, 5) is 11.0. The second-order valence-corrected chi connectivity index (χ2v) is 5.35. The Morgan fingerprint density at radius 1 is 1.54 bits per heavy atom. The van der Waals surface area contributed by atoms with Crippen molar-refractivity contribution in [2.45, 2.75) is 37.9 Å². The van der Waals surface area contributed by atoms with Crippen LogP contribution in [0.25, 0.3) is 0 Å². The van der Waals surface area contributed by atoms with Crippen molar-refractivity contribution in [3.63, 3.8) is 0 Å². The van der Waals surface area contributed by atoms with E-state index in [1.807, 2.05) is 0 Å². The second-order valence-electron chi connectivity index (χ2n) is 3.30. The van der Waals surface area contributed by atoms with Crippen LogP contribution in [0.1, 0.15) is 32.6 Å². The number of sulfonamides is 1. The van der Waals surface area contributed by atoms with Gasteiger partial charge < -0.3 is 0 Å². The maximum atomic E-state index is 11.5. The number of ketones is 1. The highest BCUT2D eigenvalue weighted by atomic mass is 32.2. The molecule has 0 aromatic heterocycles. The summed E-state index contributed by atoms with van der Waals surface area (Å²) in [5.74, 6) is 0.0673. The SMILES string of the molecule is CCNS(=O)(=O)C1CCCC(=O)C1. The third kappa shape index (κ3) is 2.77. The summed E-state index contributed by atoms with van der Waals surface area (Å²) >= 11 is 0. The van der Waals surface area contributed by atoms with Gasteiger partial charge in [-0.1, -0.05) is 6.92 Å². The average Bonchev–Trinajstić information content (AvgIpc) is 2.04. The van der Waals surface area contributed by atoms with Gasteiger partial charge in [-0.15, -0.1) is 0 Å². The monoisotopic (exact) mass is 205 g/mol. The average molecular weight is 205 g/mol. The summed E-state index contributed by atoms with van der Waals surface area (Å²) in [6.07, 6.45) is 2.04. The van der Waals surface area contributed by atoms with Crippen LogP contribution in [0.3, 0.4) is 0 Å². The van der Waals surface area contributed by atoms with Crippen LogP contribution < -0.4 is 4.72 Å². The van der Waals surface area contributed by atoms with Crippen LogP contribution in [0.15, 0.2) is 0 Å². The zero-order chi connectivity index (χ0) is 9.90. The summed E-state index contributed by atoms with van der Waals surface area (Å²) < 4.78 is 25.4. The van der Waals surface area contributed by atoms with Crippen LogP contribution in [0, 0.1) is 0 Å². The summed E-state index contributed by atoms with van der Waals surface area (Å²) in [6.45, 7) is 2.13. The number of carbonyl (C=O) groups excluding carboxylic acids is 1. The minimum absolute atomic E-state index is 0.0673. The third-order valence-electron chi connectivity index (χ3n) is 2.22. The molecule has 0 saturated heterocycles. The molecule has 0 heterocycles. The molecule has 1 atom stereocenters. The molecule has 1 rings (SSSR count). The summed E-state index contributed by atoms with van der Waals surface area (Å²) in [7, 11) is -3.24. The van der Waals surface area contributed by atoms with E-state index in [4.69, 9.17) is 0 Å². The third-order valence-corrected chi connectivity index (χ3v) is 4.19. The lowest BCUT2D eigenvalue weighted by molar-refractivity contribution is -0.120. The molecule has 1 unspecified atom stereocenters. The van der Waals surface area contributed by atoms with Gasteiger partial charge in [0.15, 0.2) is 0 Å². The molecule has 0 radical (unpaired) electrons. The first-order valence-electron chi connectivity index (χ1n) is 4.56. The lowest BCUT2D eigenvalue weighted by Gasteiger charge is -2.20. The van der Waals surface area contributed by atoms with Gasteiger partial charge in [-0.25, -0.2) is 13.1 Å². The summed E-state index contributed by atoms with van der Waals surface area (Å²) in [5, 5.41) is -0.492. The van der Waals surface area contributed by atoms with E-state index in [0.717, 1.165) is 0 Å². The van der Waals surface area contributed by atoms with E-state index in [0.29, 0.717) is 25.8 Å². The van der Waals surface area contributed by atoms with E-state index in [9.17, 15) is 13.2 Å². The van der Waals surface area contributed by atoms with Crippen molar-refractivity contribution in [3.8, 4) is 0 Å². The quantitative estimate of drug-likeness (QED) is 0.727. The minimum Gasteiger partial charge on any atom is -0.300 e. The van der Waals surface area contributed by atoms with Crippen LogP contribution >= 0.6 is 0 Å². The summed E-state index contributed by atoms with van der Waals surface area (Å²) in [5.41, 5.74) is 0. The molecule has 13 heavy (non-hydrogen) atoms. The van der Waals surface area contributed by atoms with Gasteiger partial charge in [0.2, 0.25) is 10.0 Å². The van der Waals surface area contributed by atoms with Gasteiger partial charge in [0.05, 0.1) is 5.25 Å². The summed E-state index contributed by atoms with van der Waals surface area (Å²) in [6, 6.07) is 0. The van der Waals surface area contributed by atoms with Gasteiger partial charge in [-0.3, -0.25) is 4.79 Å². The topological polar surface area (TPSA) is 63.2 Å². The highest BCUT2D eigenvalue weighted by Crippen LogP contribution is 2.20. The molecule has 0 bridgehead atoms. The molecular formula is C8H15NO3S. The first-order valence-corrected chi connectivity index (χ1v) is 6.11. The van der Waals surface area contributed by atoms with Crippen LogP contribution in [-0.4, -0.2) is 26.0 Å². The smallest absolute Gasteiger partial charge is 0.214 e. The molecule has 76 valence electrons. The van der Waals surface area contributed by atoms with Gasteiger partial charge >= 0.3 is 0 Å². The number of hydrogen-bond donors (Lipinski definition) is 1. The van der Waals surface area contributed by atoms with Crippen molar-refractivity contribution in [1.82, 2.24) is 4.72 Å². The highest BCUT2D eigenvalue weighted by Gasteiger charge is 2.29. The van der Waals surface area contributed by atoms with Crippen molar-refractivity contribution in [2.24, 2.45) is 0 Å². The van der Waals surface area contributed by atoms with Crippen LogP contribution in [0.2, 0.25) is 0 Å². The van der Waals surface area contributed by atoms with Crippen LogP contribution in [0.5, 0.6) is 0 Å². The molecule has 5 heteroatoms. The fraction of sp³-hybridized carbons (Fsp3) is 0.875. The molecule has 1 aliphatic rings. The van der Waals surface area contributed by atoms with E-state index in [1.54, 1.807) is 6.92 Å². The first-order chi connectivity index (χ1) is 6.06. The van der Waals surface area contributed by atoms with Gasteiger partial charge in [-0.05, 0) is 12.8 Å². The first kappa shape index (κ1) is 10.7. The van der Waals surface area contributed by atoms with E-state index in [2.05, 4.69) is 4.72 Å². The van der Waals surface area contributed by atoms with Crippen LogP contribution in [0.4, 0.5) is 0 Å². The Morgan fingerprint density at radius 2 is 2.23 bits per heavy atom. The minimum atomic E-state index is -3.24. The molecule has 0 aliphatic heterocycles. The zero-order valence-electron chi connectivity index (χ0n) is 7.75. The predicted octanol–water partition coefficient (Wildman–Crippen LogP) is 0.437. The standard InChI is InChI=1S/C8H15NO3S/c1-2-9-13(11,12)8-5-3-4-7(10)6-8/h8-9H,2-6H2,1H3. The number of hydrogen-bond acceptors (Lipinski definition) is 3. The van der Waals surface area contributed by atoms with E-state index >= 15 is 0 Å². The molecule has 1 aliphatic carbocycles. The van der Waals surface area contributed by atoms with Crippen molar-refractivity contribution in [1.29, 1.82) is 0 Å². The molecule has 1 fully saturated rings. The molecule has 0 spiro atoms. The van der Waals surface area contributed by atoms with Gasteiger partial charge in [0.1, 0.15) is 5.78 Å². The number of rotatable bonds is 3. The number of Topliss-reactive ketones (excluding diaryl/α,β-unsaturated/α-hetero) is 1. The molecule has 0 aromatic carbocycles. The van der Waals surface area contributed by atoms with E-state index in [-0.39, 0.29) is 12.2 Å². The second kappa shape index (κ2) is 4.19. The Hall–Kier alpha value is -0.420. The largest absolute Gasteiger partial charge is 0.300 e. The number of nitrogens with one attached hydrogen (secondary N) is 1. The molecule has 0 amide bonds. The predicted molar refractivity (Wildman–Crippen MR) is 49.9 cm³/mol. The maximum absolute atomic E-state index is 11.5. The highest BCUT2D eigenvalue weighted by molar-refractivity contribution is 7.90. The molecule has 1 saturated carbocycles. The Labute approximate surface area is 78.8 Å². The zero-order valence-corrected chi connectivity index (χ0v) is 8.56. The Bertz CT molecular complexity index is 284. The van der Waals surface area contributed by atoms with Crippen molar-refractivity contribution in [3.05, 3.63) is 0 Å². The Balaban J connectivity index is 2.65. The maximum Gasteiger partial charge on any atom is 0.214 e. The Kier molecular flexibility index (Phi) is 3.44. The molecule has 4 nitrogen and oxygen atoms in total. The van der Waals surface area contributed by atoms with Crippen LogP contribution in [-0.2, 0) is 14.8 Å². The lowest BCUT2D eigenvalue weighted by atomic mass is 9.99. The molecular weight excluding hydrogens is 190 g/mol. The lowest BCUT2D eigenvalue weighted by Crippen LogP contribution is -2.37. The normalized spacial score (nSPS) is 24.7. The fourth-order valence-corrected chi connectivity index (χ4v) is 3.09.